The van der Waals surface area contributed by atoms with Crippen molar-refractivity contribution < 1.29 is 0 Å². The molecule has 2 atom stereocenters. The summed E-state index contributed by atoms with van der Waals surface area (Å²) in [6, 6.07) is 0.690. The van der Waals surface area contributed by atoms with Crippen molar-refractivity contribution in [2.75, 3.05) is 0 Å². The summed E-state index contributed by atoms with van der Waals surface area (Å²) >= 11 is 0. The van der Waals surface area contributed by atoms with Gasteiger partial charge in [-0.05, 0) is 18.8 Å². The van der Waals surface area contributed by atoms with E-state index in [1.165, 1.54) is 6.42 Å². The molecule has 2 N–H and O–H groups in total. The Kier molecular flexibility index (Phi) is 1.74. The number of hydrogen-bond acceptors (Lipinski definition) is 2. The van der Waals surface area contributed by atoms with Gasteiger partial charge in [0, 0.05) is 18.3 Å². The third-order valence-electron chi connectivity index (χ3n) is 2.96. The number of aromatic nitrogens is 2. The van der Waals surface area contributed by atoms with E-state index in [1.807, 2.05) is 19.4 Å². The van der Waals surface area contributed by atoms with Gasteiger partial charge < -0.3 is 10.3 Å². The highest BCUT2D eigenvalue weighted by molar-refractivity contribution is 5.11. The zero-order chi connectivity index (χ0) is 9.64. The van der Waals surface area contributed by atoms with Crippen LogP contribution in [0.3, 0.4) is 0 Å². The van der Waals surface area contributed by atoms with Crippen LogP contribution in [0.1, 0.15) is 45.0 Å². The Bertz CT molecular complexity index is 312. The Hall–Kier alpha value is -0.830. The summed E-state index contributed by atoms with van der Waals surface area (Å²) in [4.78, 5) is 4.15. The van der Waals surface area contributed by atoms with E-state index in [0.29, 0.717) is 11.5 Å². The molecule has 0 saturated heterocycles. The Labute approximate surface area is 79.0 Å². The highest BCUT2D eigenvalue weighted by Crippen LogP contribution is 2.55. The summed E-state index contributed by atoms with van der Waals surface area (Å²) in [5, 5.41) is 0. The number of hydrogen-bond donors (Lipinski definition) is 1. The van der Waals surface area contributed by atoms with Crippen LogP contribution in [0, 0.1) is 5.41 Å². The van der Waals surface area contributed by atoms with Gasteiger partial charge in [0.05, 0.1) is 12.0 Å². The van der Waals surface area contributed by atoms with Gasteiger partial charge in [0.2, 0.25) is 0 Å². The molecular weight excluding hydrogens is 162 g/mol. The number of nitrogens with two attached hydrogens (primary N) is 1. The van der Waals surface area contributed by atoms with Gasteiger partial charge in [-0.25, -0.2) is 4.98 Å². The molecule has 1 heterocycles. The van der Waals surface area contributed by atoms with E-state index in [9.17, 15) is 0 Å². The molecule has 2 unspecified atom stereocenters. The predicted octanol–water partition coefficient (Wildman–Crippen LogP) is 1.87. The summed E-state index contributed by atoms with van der Waals surface area (Å²) in [7, 11) is 0. The lowest BCUT2D eigenvalue weighted by atomic mass is 10.2. The Morgan fingerprint density at radius 1 is 1.69 bits per heavy atom. The molecule has 1 aliphatic carbocycles. The molecule has 0 aliphatic heterocycles. The second-order valence-electron chi connectivity index (χ2n) is 4.72. The molecule has 0 amide bonds. The Balaban J connectivity index is 2.27. The molecule has 2 rings (SSSR count). The first-order valence-corrected chi connectivity index (χ1v) is 4.79. The van der Waals surface area contributed by atoms with Gasteiger partial charge >= 0.3 is 0 Å². The van der Waals surface area contributed by atoms with Crippen molar-refractivity contribution in [2.45, 2.75) is 39.3 Å². The molecule has 1 aromatic rings. The molecule has 13 heavy (non-hydrogen) atoms. The molecule has 1 aromatic heterocycles. The number of imidazole rings is 1. The van der Waals surface area contributed by atoms with Crippen LogP contribution in [-0.4, -0.2) is 9.55 Å². The monoisotopic (exact) mass is 179 g/mol. The molecule has 0 bridgehead atoms. The van der Waals surface area contributed by atoms with Crippen LogP contribution < -0.4 is 5.73 Å². The van der Waals surface area contributed by atoms with Crippen molar-refractivity contribution >= 4 is 0 Å². The fraction of sp³-hybridized carbons (Fsp3) is 0.700. The highest BCUT2D eigenvalue weighted by atomic mass is 15.1. The average Bonchev–Trinajstić information content (AvgIpc) is 2.49. The van der Waals surface area contributed by atoms with Crippen LogP contribution in [0.2, 0.25) is 0 Å². The predicted molar refractivity (Wildman–Crippen MR) is 52.3 cm³/mol. The van der Waals surface area contributed by atoms with Crippen molar-refractivity contribution in [1.29, 1.82) is 0 Å². The number of nitrogens with zero attached hydrogens (tertiary/aromatic N) is 2. The summed E-state index contributed by atoms with van der Waals surface area (Å²) < 4.78 is 2.23. The fourth-order valence-electron chi connectivity index (χ4n) is 1.84. The van der Waals surface area contributed by atoms with Crippen molar-refractivity contribution in [3.05, 3.63) is 18.2 Å². The molecule has 3 nitrogen and oxygen atoms in total. The van der Waals surface area contributed by atoms with Gasteiger partial charge in [0.15, 0.2) is 0 Å². The van der Waals surface area contributed by atoms with E-state index < -0.39 is 0 Å². The van der Waals surface area contributed by atoms with E-state index in [0.717, 1.165) is 5.69 Å². The first-order valence-electron chi connectivity index (χ1n) is 4.79. The standard InChI is InChI=1S/C10H17N3/c1-7(11)8-5-12-6-13(8)9-4-10(9,2)3/h5-7,9H,4,11H2,1-3H3. The third kappa shape index (κ3) is 1.37. The second kappa shape index (κ2) is 2.58. The maximum atomic E-state index is 5.85. The largest absolute Gasteiger partial charge is 0.330 e. The van der Waals surface area contributed by atoms with Crippen molar-refractivity contribution in [3.63, 3.8) is 0 Å². The van der Waals surface area contributed by atoms with Gasteiger partial charge in [-0.3, -0.25) is 0 Å². The maximum absolute atomic E-state index is 5.85. The summed E-state index contributed by atoms with van der Waals surface area (Å²) in [5.74, 6) is 0. The van der Waals surface area contributed by atoms with Crippen molar-refractivity contribution in [1.82, 2.24) is 9.55 Å². The number of rotatable bonds is 2. The van der Waals surface area contributed by atoms with Crippen LogP contribution in [0.25, 0.3) is 0 Å². The van der Waals surface area contributed by atoms with Gasteiger partial charge in [-0.1, -0.05) is 13.8 Å². The highest BCUT2D eigenvalue weighted by Gasteiger charge is 2.47. The van der Waals surface area contributed by atoms with Gasteiger partial charge in [-0.15, -0.1) is 0 Å². The molecular formula is C10H17N3. The van der Waals surface area contributed by atoms with E-state index in [1.54, 1.807) is 0 Å². The lowest BCUT2D eigenvalue weighted by molar-refractivity contribution is 0.519. The molecule has 0 spiro atoms. The minimum absolute atomic E-state index is 0.0823. The first kappa shape index (κ1) is 8.75. The topological polar surface area (TPSA) is 43.8 Å². The fourth-order valence-corrected chi connectivity index (χ4v) is 1.84. The van der Waals surface area contributed by atoms with E-state index in [4.69, 9.17) is 5.73 Å². The lowest BCUT2D eigenvalue weighted by Crippen LogP contribution is -2.12. The van der Waals surface area contributed by atoms with Crippen LogP contribution in [0.4, 0.5) is 0 Å². The quantitative estimate of drug-likeness (QED) is 0.753. The third-order valence-corrected chi connectivity index (χ3v) is 2.96. The SMILES string of the molecule is CC(N)c1cncn1C1CC1(C)C. The summed E-state index contributed by atoms with van der Waals surface area (Å²) in [5.41, 5.74) is 7.44. The minimum atomic E-state index is 0.0823. The van der Waals surface area contributed by atoms with Crippen LogP contribution in [0.15, 0.2) is 12.5 Å². The smallest absolute Gasteiger partial charge is 0.0951 e. The molecule has 1 saturated carbocycles. The average molecular weight is 179 g/mol. The molecule has 0 aromatic carbocycles. The molecule has 1 aliphatic rings. The summed E-state index contributed by atoms with van der Waals surface area (Å²) in [6.45, 7) is 6.56. The summed E-state index contributed by atoms with van der Waals surface area (Å²) in [6.07, 6.45) is 5.01. The van der Waals surface area contributed by atoms with Gasteiger partial charge in [0.25, 0.3) is 0 Å². The second-order valence-corrected chi connectivity index (χ2v) is 4.72. The van der Waals surface area contributed by atoms with Crippen LogP contribution in [-0.2, 0) is 0 Å². The molecule has 3 heteroatoms. The zero-order valence-electron chi connectivity index (χ0n) is 8.49. The molecule has 72 valence electrons. The molecule has 1 fully saturated rings. The zero-order valence-corrected chi connectivity index (χ0v) is 8.49. The van der Waals surface area contributed by atoms with Crippen molar-refractivity contribution in [3.8, 4) is 0 Å². The van der Waals surface area contributed by atoms with E-state index in [-0.39, 0.29) is 6.04 Å². The van der Waals surface area contributed by atoms with Crippen molar-refractivity contribution in [2.24, 2.45) is 11.1 Å². The van der Waals surface area contributed by atoms with E-state index in [2.05, 4.69) is 23.4 Å². The van der Waals surface area contributed by atoms with Gasteiger partial charge in [0.1, 0.15) is 0 Å². The van der Waals surface area contributed by atoms with E-state index >= 15 is 0 Å². The van der Waals surface area contributed by atoms with Crippen LogP contribution >= 0.6 is 0 Å². The molecule has 0 radical (unpaired) electrons. The first-order chi connectivity index (χ1) is 6.02. The van der Waals surface area contributed by atoms with Gasteiger partial charge in [-0.2, -0.15) is 0 Å². The Morgan fingerprint density at radius 2 is 2.31 bits per heavy atom. The lowest BCUT2D eigenvalue weighted by Gasteiger charge is -2.11. The normalized spacial score (nSPS) is 27.2. The maximum Gasteiger partial charge on any atom is 0.0951 e. The Morgan fingerprint density at radius 3 is 2.77 bits per heavy atom. The van der Waals surface area contributed by atoms with Crippen LogP contribution in [0.5, 0.6) is 0 Å². The minimum Gasteiger partial charge on any atom is -0.330 e.